The molecule has 0 saturated carbocycles. The molecule has 1 aliphatic carbocycles. The molecule has 0 amide bonds. The lowest BCUT2D eigenvalue weighted by Gasteiger charge is -2.40. The van der Waals surface area contributed by atoms with Gasteiger partial charge in [0, 0.05) is 18.6 Å². The maximum atomic E-state index is 2.62. The van der Waals surface area contributed by atoms with E-state index in [-0.39, 0.29) is 0 Å². The summed E-state index contributed by atoms with van der Waals surface area (Å²) in [5.74, 6) is 0. The Kier molecular flexibility index (Phi) is 3.02. The summed E-state index contributed by atoms with van der Waals surface area (Å²) < 4.78 is 0. The minimum absolute atomic E-state index is 0.296. The Morgan fingerprint density at radius 1 is 1.06 bits per heavy atom. The van der Waals surface area contributed by atoms with E-state index < -0.39 is 0 Å². The molecule has 0 atom stereocenters. The highest BCUT2D eigenvalue weighted by molar-refractivity contribution is 5.47. The van der Waals surface area contributed by atoms with Crippen LogP contribution in [0.3, 0.4) is 0 Å². The minimum Gasteiger partial charge on any atom is -0.294 e. The first-order valence-electron chi connectivity index (χ1n) is 6.86. The summed E-state index contributed by atoms with van der Waals surface area (Å²) >= 11 is 0. The number of rotatable bonds is 0. The van der Waals surface area contributed by atoms with Gasteiger partial charge in [0.2, 0.25) is 0 Å². The first-order valence-corrected chi connectivity index (χ1v) is 6.86. The smallest absolute Gasteiger partial charge is 0.0241 e. The van der Waals surface area contributed by atoms with E-state index in [2.05, 4.69) is 52.5 Å². The van der Waals surface area contributed by atoms with E-state index in [1.165, 1.54) is 19.4 Å². The van der Waals surface area contributed by atoms with Crippen molar-refractivity contribution >= 4 is 0 Å². The summed E-state index contributed by atoms with van der Waals surface area (Å²) in [5.41, 5.74) is 5.55. The summed E-state index contributed by atoms with van der Waals surface area (Å²) in [6.07, 6.45) is 4.94. The van der Waals surface area contributed by atoms with Gasteiger partial charge in [-0.15, -0.1) is 0 Å². The number of hydrogen-bond acceptors (Lipinski definition) is 1. The van der Waals surface area contributed by atoms with E-state index in [1.54, 1.807) is 16.7 Å². The van der Waals surface area contributed by atoms with Crippen LogP contribution in [0.5, 0.6) is 0 Å². The lowest BCUT2D eigenvalue weighted by atomic mass is 9.81. The zero-order chi connectivity index (χ0) is 12.8. The van der Waals surface area contributed by atoms with Crippen LogP contribution in [0.15, 0.2) is 22.8 Å². The van der Waals surface area contributed by atoms with E-state index in [0.717, 1.165) is 6.54 Å². The molecule has 1 heteroatoms. The van der Waals surface area contributed by atoms with Crippen molar-refractivity contribution in [1.29, 1.82) is 0 Å². The Morgan fingerprint density at radius 2 is 1.71 bits per heavy atom. The van der Waals surface area contributed by atoms with Gasteiger partial charge < -0.3 is 0 Å². The number of hydrogen-bond donors (Lipinski definition) is 0. The number of nitrogens with zero attached hydrogens (tertiary/aromatic N) is 1. The second-order valence-corrected chi connectivity index (χ2v) is 7.50. The standard InChI is InChI=1S/C16H27N/c1-15(2,3)14-8-7-12-9-10-17(11-13(12)14)16(4,5)6/h8H,7,9-11H2,1-6H3. The van der Waals surface area contributed by atoms with Crippen molar-refractivity contribution in [2.24, 2.45) is 5.41 Å². The third-order valence-electron chi connectivity index (χ3n) is 4.09. The van der Waals surface area contributed by atoms with Crippen molar-refractivity contribution in [3.8, 4) is 0 Å². The Hall–Kier alpha value is -0.560. The fourth-order valence-corrected chi connectivity index (χ4v) is 2.98. The van der Waals surface area contributed by atoms with Crippen molar-refractivity contribution in [2.75, 3.05) is 13.1 Å². The molecule has 0 aromatic heterocycles. The predicted molar refractivity (Wildman–Crippen MR) is 75.1 cm³/mol. The van der Waals surface area contributed by atoms with Gasteiger partial charge in [0.15, 0.2) is 0 Å². The Labute approximate surface area is 107 Å². The van der Waals surface area contributed by atoms with E-state index in [4.69, 9.17) is 0 Å². The quantitative estimate of drug-likeness (QED) is 0.607. The molecule has 0 bridgehead atoms. The van der Waals surface area contributed by atoms with E-state index in [0.29, 0.717) is 11.0 Å². The van der Waals surface area contributed by atoms with Gasteiger partial charge in [-0.05, 0) is 50.2 Å². The summed E-state index contributed by atoms with van der Waals surface area (Å²) in [5, 5.41) is 0. The monoisotopic (exact) mass is 233 g/mol. The SMILES string of the molecule is CC(C)(C)C1=CCC2=C1CN(C(C)(C)C)CC2. The molecule has 0 radical (unpaired) electrons. The van der Waals surface area contributed by atoms with Gasteiger partial charge in [-0.3, -0.25) is 4.90 Å². The zero-order valence-corrected chi connectivity index (χ0v) is 12.4. The van der Waals surface area contributed by atoms with Crippen LogP contribution in [0.2, 0.25) is 0 Å². The fraction of sp³-hybridized carbons (Fsp3) is 0.750. The van der Waals surface area contributed by atoms with Gasteiger partial charge in [0.1, 0.15) is 0 Å². The molecule has 0 aromatic carbocycles. The molecule has 0 aromatic rings. The van der Waals surface area contributed by atoms with Crippen molar-refractivity contribution in [2.45, 2.75) is 59.9 Å². The average Bonchev–Trinajstić information content (AvgIpc) is 2.57. The maximum Gasteiger partial charge on any atom is 0.0241 e. The molecule has 0 spiro atoms. The normalized spacial score (nSPS) is 22.8. The molecule has 1 aliphatic heterocycles. The summed E-state index contributed by atoms with van der Waals surface area (Å²) in [6, 6.07) is 0. The third-order valence-corrected chi connectivity index (χ3v) is 4.09. The molecule has 0 N–H and O–H groups in total. The lowest BCUT2D eigenvalue weighted by Crippen LogP contribution is -2.45. The molecule has 2 rings (SSSR count). The van der Waals surface area contributed by atoms with E-state index in [9.17, 15) is 0 Å². The van der Waals surface area contributed by atoms with Crippen molar-refractivity contribution < 1.29 is 0 Å². The molecule has 96 valence electrons. The topological polar surface area (TPSA) is 3.24 Å². The van der Waals surface area contributed by atoms with Crippen molar-refractivity contribution in [1.82, 2.24) is 4.90 Å². The van der Waals surface area contributed by atoms with Crippen LogP contribution >= 0.6 is 0 Å². The van der Waals surface area contributed by atoms with Crippen molar-refractivity contribution in [3.63, 3.8) is 0 Å². The van der Waals surface area contributed by atoms with Gasteiger partial charge >= 0.3 is 0 Å². The predicted octanol–water partition coefficient (Wildman–Crippen LogP) is 4.16. The molecule has 17 heavy (non-hydrogen) atoms. The van der Waals surface area contributed by atoms with E-state index >= 15 is 0 Å². The molecular weight excluding hydrogens is 206 g/mol. The van der Waals surface area contributed by atoms with Crippen LogP contribution in [0.25, 0.3) is 0 Å². The molecule has 2 aliphatic rings. The Balaban J connectivity index is 2.23. The third kappa shape index (κ3) is 2.49. The summed E-state index contributed by atoms with van der Waals surface area (Å²) in [7, 11) is 0. The van der Waals surface area contributed by atoms with E-state index in [1.807, 2.05) is 0 Å². The van der Waals surface area contributed by atoms with Crippen LogP contribution < -0.4 is 0 Å². The Bertz CT molecular complexity index is 371. The molecule has 0 unspecified atom stereocenters. The van der Waals surface area contributed by atoms with Gasteiger partial charge in [-0.25, -0.2) is 0 Å². The first kappa shape index (κ1) is 12.9. The second-order valence-electron chi connectivity index (χ2n) is 7.50. The van der Waals surface area contributed by atoms with Gasteiger partial charge in [-0.2, -0.15) is 0 Å². The summed E-state index contributed by atoms with van der Waals surface area (Å²) in [6.45, 7) is 16.4. The molecule has 1 heterocycles. The van der Waals surface area contributed by atoms with Crippen LogP contribution in [-0.4, -0.2) is 23.5 Å². The second kappa shape index (κ2) is 3.98. The molecular formula is C16H27N. The maximum absolute atomic E-state index is 2.62. The molecule has 1 nitrogen and oxygen atoms in total. The summed E-state index contributed by atoms with van der Waals surface area (Å²) in [4.78, 5) is 2.62. The largest absolute Gasteiger partial charge is 0.294 e. The highest BCUT2D eigenvalue weighted by Crippen LogP contribution is 2.42. The zero-order valence-electron chi connectivity index (χ0n) is 12.4. The first-order chi connectivity index (χ1) is 7.69. The van der Waals surface area contributed by atoms with Gasteiger partial charge in [0.05, 0.1) is 0 Å². The fourth-order valence-electron chi connectivity index (χ4n) is 2.98. The van der Waals surface area contributed by atoms with Crippen LogP contribution in [-0.2, 0) is 0 Å². The lowest BCUT2D eigenvalue weighted by molar-refractivity contribution is 0.144. The molecule has 0 fully saturated rings. The van der Waals surface area contributed by atoms with Crippen molar-refractivity contribution in [3.05, 3.63) is 22.8 Å². The Morgan fingerprint density at radius 3 is 2.24 bits per heavy atom. The van der Waals surface area contributed by atoms with Gasteiger partial charge in [-0.1, -0.05) is 32.4 Å². The highest BCUT2D eigenvalue weighted by Gasteiger charge is 2.33. The average molecular weight is 233 g/mol. The van der Waals surface area contributed by atoms with Gasteiger partial charge in [0.25, 0.3) is 0 Å². The van der Waals surface area contributed by atoms with Crippen LogP contribution in [0.1, 0.15) is 54.4 Å². The van der Waals surface area contributed by atoms with Crippen LogP contribution in [0.4, 0.5) is 0 Å². The number of allylic oxidation sites excluding steroid dienone is 1. The van der Waals surface area contributed by atoms with Crippen LogP contribution in [0, 0.1) is 5.41 Å². The molecule has 0 saturated heterocycles. The minimum atomic E-state index is 0.296. The highest BCUT2D eigenvalue weighted by atomic mass is 15.2.